The van der Waals surface area contributed by atoms with E-state index in [-0.39, 0.29) is 5.69 Å². The maximum Gasteiger partial charge on any atom is 0.418 e. The zero-order chi connectivity index (χ0) is 21.1. The first-order valence-electron chi connectivity index (χ1n) is 7.76. The van der Waals surface area contributed by atoms with Crippen LogP contribution in [0.4, 0.5) is 35.1 Å². The van der Waals surface area contributed by atoms with E-state index in [0.717, 1.165) is 12.1 Å². The van der Waals surface area contributed by atoms with Crippen LogP contribution >= 0.6 is 0 Å². The van der Waals surface area contributed by atoms with Gasteiger partial charge in [0.2, 0.25) is 0 Å². The number of aliphatic hydroxyl groups excluding tert-OH is 1. The Kier molecular flexibility index (Phi) is 4.46. The highest BCUT2D eigenvalue weighted by Gasteiger charge is 2.50. The van der Waals surface area contributed by atoms with Crippen LogP contribution < -0.4 is 0 Å². The summed E-state index contributed by atoms with van der Waals surface area (Å²) in [6.45, 7) is 0. The fraction of sp³-hybridized carbons (Fsp3) is 0.353. The van der Waals surface area contributed by atoms with Gasteiger partial charge >= 0.3 is 12.4 Å². The summed E-state index contributed by atoms with van der Waals surface area (Å²) in [4.78, 5) is 0. The molecule has 0 radical (unpaired) electrons. The second-order valence-electron chi connectivity index (χ2n) is 6.27. The van der Waals surface area contributed by atoms with Crippen LogP contribution in [0.25, 0.3) is 5.69 Å². The molecule has 150 valence electrons. The van der Waals surface area contributed by atoms with Gasteiger partial charge in [-0.05, 0) is 24.6 Å². The fourth-order valence-electron chi connectivity index (χ4n) is 3.23. The van der Waals surface area contributed by atoms with Gasteiger partial charge in [-0.25, -0.2) is 8.78 Å². The van der Waals surface area contributed by atoms with Crippen LogP contribution in [0.1, 0.15) is 40.5 Å². The number of alkyl halides is 8. The molecule has 1 heterocycles. The third-order valence-corrected chi connectivity index (χ3v) is 4.53. The molecule has 0 amide bonds. The van der Waals surface area contributed by atoms with Gasteiger partial charge in [0, 0.05) is 29.6 Å². The van der Waals surface area contributed by atoms with Crippen molar-refractivity contribution in [2.75, 3.05) is 0 Å². The molecule has 2 aromatic rings. The Balaban J connectivity index is 2.27. The van der Waals surface area contributed by atoms with Crippen molar-refractivity contribution >= 4 is 0 Å². The highest BCUT2D eigenvalue weighted by atomic mass is 19.4. The molecule has 0 aliphatic heterocycles. The van der Waals surface area contributed by atoms with E-state index in [0.29, 0.717) is 16.8 Å². The van der Waals surface area contributed by atoms with E-state index in [1.807, 2.05) is 0 Å². The molecule has 1 unspecified atom stereocenters. The molecule has 28 heavy (non-hydrogen) atoms. The Morgan fingerprint density at radius 1 is 1.07 bits per heavy atom. The number of nitriles is 1. The Hall–Kier alpha value is -2.61. The molecule has 1 aromatic carbocycles. The lowest BCUT2D eigenvalue weighted by atomic mass is 9.89. The lowest BCUT2D eigenvalue weighted by molar-refractivity contribution is -0.147. The molecular formula is C17H10F8N2O. The third-order valence-electron chi connectivity index (χ3n) is 4.53. The van der Waals surface area contributed by atoms with Gasteiger partial charge in [-0.15, -0.1) is 0 Å². The zero-order valence-corrected chi connectivity index (χ0v) is 13.7. The minimum absolute atomic E-state index is 0.358. The van der Waals surface area contributed by atoms with Crippen molar-refractivity contribution in [1.29, 1.82) is 5.26 Å². The molecule has 0 saturated heterocycles. The number of halogens is 8. The topological polar surface area (TPSA) is 49.0 Å². The van der Waals surface area contributed by atoms with E-state index >= 15 is 0 Å². The van der Waals surface area contributed by atoms with Gasteiger partial charge in [0.1, 0.15) is 6.10 Å². The molecule has 0 bridgehead atoms. The largest absolute Gasteiger partial charge is 0.418 e. The van der Waals surface area contributed by atoms with Crippen molar-refractivity contribution in [2.45, 2.75) is 37.2 Å². The first-order chi connectivity index (χ1) is 12.8. The van der Waals surface area contributed by atoms with Gasteiger partial charge in [-0.1, -0.05) is 0 Å². The summed E-state index contributed by atoms with van der Waals surface area (Å²) in [6.07, 6.45) is -14.0. The maximum atomic E-state index is 13.8. The number of rotatable bonds is 1. The normalized spacial score (nSPS) is 19.2. The summed E-state index contributed by atoms with van der Waals surface area (Å²) in [5.74, 6) is -3.80. The van der Waals surface area contributed by atoms with Crippen molar-refractivity contribution in [3.63, 3.8) is 0 Å². The van der Waals surface area contributed by atoms with Gasteiger partial charge in [-0.2, -0.15) is 31.6 Å². The Labute approximate surface area is 152 Å². The molecular weight excluding hydrogens is 400 g/mol. The molecule has 1 N–H and O–H groups in total. The molecule has 0 fully saturated rings. The quantitative estimate of drug-likeness (QED) is 0.673. The molecule has 11 heteroatoms. The van der Waals surface area contributed by atoms with Crippen LogP contribution in [0.15, 0.2) is 24.4 Å². The minimum Gasteiger partial charge on any atom is -0.382 e. The third kappa shape index (κ3) is 3.22. The smallest absolute Gasteiger partial charge is 0.382 e. The lowest BCUT2D eigenvalue weighted by Crippen LogP contribution is -2.33. The van der Waals surface area contributed by atoms with Crippen LogP contribution in [-0.2, 0) is 18.8 Å². The Morgan fingerprint density at radius 3 is 2.21 bits per heavy atom. The lowest BCUT2D eigenvalue weighted by Gasteiger charge is -2.29. The van der Waals surface area contributed by atoms with Crippen molar-refractivity contribution in [3.05, 3.63) is 52.3 Å². The number of nitrogens with zero attached hydrogens (tertiary/aromatic N) is 2. The summed E-state index contributed by atoms with van der Waals surface area (Å²) >= 11 is 0. The summed E-state index contributed by atoms with van der Waals surface area (Å²) in [5.41, 5.74) is -5.46. The van der Waals surface area contributed by atoms with Gasteiger partial charge in [0.15, 0.2) is 0 Å². The maximum absolute atomic E-state index is 13.8. The molecule has 1 aliphatic carbocycles. The van der Waals surface area contributed by atoms with Crippen molar-refractivity contribution < 1.29 is 40.2 Å². The molecule has 1 aliphatic rings. The number of aromatic nitrogens is 1. The van der Waals surface area contributed by atoms with E-state index in [2.05, 4.69) is 0 Å². The van der Waals surface area contributed by atoms with Crippen molar-refractivity contribution in [3.8, 4) is 11.8 Å². The van der Waals surface area contributed by atoms with E-state index in [9.17, 15) is 40.2 Å². The Bertz CT molecular complexity index is 965. The van der Waals surface area contributed by atoms with Gasteiger partial charge in [0.25, 0.3) is 5.92 Å². The average molecular weight is 410 g/mol. The molecule has 0 saturated carbocycles. The Morgan fingerprint density at radius 2 is 1.68 bits per heavy atom. The molecule has 1 atom stereocenters. The first kappa shape index (κ1) is 20.1. The van der Waals surface area contributed by atoms with E-state index < -0.39 is 65.2 Å². The van der Waals surface area contributed by atoms with Crippen LogP contribution in [-0.4, -0.2) is 15.6 Å². The summed E-state index contributed by atoms with van der Waals surface area (Å²) in [5, 5.41) is 18.6. The van der Waals surface area contributed by atoms with Gasteiger partial charge < -0.3 is 9.67 Å². The summed E-state index contributed by atoms with van der Waals surface area (Å²) in [7, 11) is 0. The number of fused-ring (bicyclic) bond motifs is 1. The van der Waals surface area contributed by atoms with E-state index in [1.54, 1.807) is 0 Å². The fourth-order valence-corrected chi connectivity index (χ4v) is 3.23. The first-order valence-corrected chi connectivity index (χ1v) is 7.76. The molecule has 3 nitrogen and oxygen atoms in total. The van der Waals surface area contributed by atoms with Gasteiger partial charge in [0.05, 0.1) is 22.8 Å². The molecule has 1 aromatic heterocycles. The van der Waals surface area contributed by atoms with Gasteiger partial charge in [-0.3, -0.25) is 0 Å². The predicted molar refractivity (Wildman–Crippen MR) is 78.7 cm³/mol. The van der Waals surface area contributed by atoms with E-state index in [1.165, 1.54) is 6.07 Å². The van der Waals surface area contributed by atoms with E-state index in [4.69, 9.17) is 5.26 Å². The molecule has 3 rings (SSSR count). The number of aliphatic hydroxyl groups is 1. The SMILES string of the molecule is N#Cc1ccc(-n2cc(C(F)(F)F)c3c2CCC(F)(F)C3O)cc1C(F)(F)F. The standard InChI is InChI=1S/C17H10F8N2O/c18-15(19)4-3-12-13(14(15)28)11(17(23,24)25)7-27(12)9-2-1-8(6-26)10(5-9)16(20,21)22/h1-2,5,7,14,28H,3-4H2. The number of hydrogen-bond acceptors (Lipinski definition) is 2. The van der Waals surface area contributed by atoms with Crippen LogP contribution in [0.2, 0.25) is 0 Å². The summed E-state index contributed by atoms with van der Waals surface area (Å²) in [6, 6.07) is 3.58. The highest BCUT2D eigenvalue weighted by Crippen LogP contribution is 2.48. The highest BCUT2D eigenvalue weighted by molar-refractivity contribution is 5.51. The number of benzene rings is 1. The van der Waals surface area contributed by atoms with Crippen LogP contribution in [0.3, 0.4) is 0 Å². The second kappa shape index (κ2) is 6.20. The summed E-state index contributed by atoms with van der Waals surface area (Å²) < 4.78 is 108. The average Bonchev–Trinajstić information content (AvgIpc) is 2.97. The van der Waals surface area contributed by atoms with Crippen LogP contribution in [0, 0.1) is 11.3 Å². The minimum atomic E-state index is -5.11. The second-order valence-corrected chi connectivity index (χ2v) is 6.27. The van der Waals surface area contributed by atoms with Crippen LogP contribution in [0.5, 0.6) is 0 Å². The number of hydrogen-bond donors (Lipinski definition) is 1. The van der Waals surface area contributed by atoms with Crippen molar-refractivity contribution in [1.82, 2.24) is 4.57 Å². The zero-order valence-electron chi connectivity index (χ0n) is 13.7. The molecule has 0 spiro atoms. The van der Waals surface area contributed by atoms with Crippen molar-refractivity contribution in [2.24, 2.45) is 0 Å². The monoisotopic (exact) mass is 410 g/mol. The predicted octanol–water partition coefficient (Wildman–Crippen LogP) is 5.00.